The van der Waals surface area contributed by atoms with Gasteiger partial charge in [-0.05, 0) is 24.6 Å². The second-order valence-electron chi connectivity index (χ2n) is 7.50. The maximum absolute atomic E-state index is 12.6. The van der Waals surface area contributed by atoms with Gasteiger partial charge in [-0.2, -0.15) is 0 Å². The lowest BCUT2D eigenvalue weighted by Gasteiger charge is -2.36. The molecular weight excluding hydrogens is 390 g/mol. The van der Waals surface area contributed by atoms with Crippen LogP contribution in [0.25, 0.3) is 22.4 Å². The summed E-state index contributed by atoms with van der Waals surface area (Å²) in [6.45, 7) is 4.12. The van der Waals surface area contributed by atoms with Crippen molar-refractivity contribution in [2.75, 3.05) is 44.3 Å². The molecule has 150 valence electrons. The Morgan fingerprint density at radius 2 is 2.03 bits per heavy atom. The van der Waals surface area contributed by atoms with E-state index in [-0.39, 0.29) is 11.8 Å². The second kappa shape index (κ2) is 7.65. The van der Waals surface area contributed by atoms with Crippen molar-refractivity contribution in [2.24, 2.45) is 5.92 Å². The Kier molecular flexibility index (Phi) is 4.85. The van der Waals surface area contributed by atoms with Crippen molar-refractivity contribution in [1.29, 1.82) is 0 Å². The number of nitrogens with zero attached hydrogens (tertiary/aromatic N) is 4. The number of hydrogen-bond acceptors (Lipinski definition) is 5. The summed E-state index contributed by atoms with van der Waals surface area (Å²) in [5.41, 5.74) is 2.70. The van der Waals surface area contributed by atoms with Gasteiger partial charge < -0.3 is 19.5 Å². The third-order valence-electron chi connectivity index (χ3n) is 5.68. The summed E-state index contributed by atoms with van der Waals surface area (Å²) in [7, 11) is 0. The van der Waals surface area contributed by atoms with E-state index in [1.54, 1.807) is 6.20 Å². The van der Waals surface area contributed by atoms with Crippen LogP contribution >= 0.6 is 11.6 Å². The van der Waals surface area contributed by atoms with Crippen molar-refractivity contribution in [3.63, 3.8) is 0 Å². The first-order chi connectivity index (χ1) is 14.2. The first-order valence-electron chi connectivity index (χ1n) is 9.91. The molecule has 4 heterocycles. The molecule has 1 N–H and O–H groups in total. The molecule has 1 aromatic carbocycles. The number of benzene rings is 1. The van der Waals surface area contributed by atoms with Gasteiger partial charge in [0.2, 0.25) is 5.91 Å². The number of amides is 1. The van der Waals surface area contributed by atoms with Crippen molar-refractivity contribution in [3.05, 3.63) is 41.6 Å². The predicted molar refractivity (Wildman–Crippen MR) is 112 cm³/mol. The minimum Gasteiger partial charge on any atom is -0.381 e. The first-order valence-corrected chi connectivity index (χ1v) is 10.3. The molecule has 0 saturated carbocycles. The SMILES string of the molecule is O=C(C1CCOC1)N1CCN(c2cc(-c3nc4ccccc4[nH]3)c(Cl)cn2)CC1. The number of para-hydroxylation sites is 2. The minimum absolute atomic E-state index is 0.0231. The van der Waals surface area contributed by atoms with Gasteiger partial charge in [0.15, 0.2) is 0 Å². The zero-order valence-electron chi connectivity index (χ0n) is 16.0. The summed E-state index contributed by atoms with van der Waals surface area (Å²) in [6, 6.07) is 9.88. The van der Waals surface area contributed by atoms with Gasteiger partial charge in [0, 0.05) is 44.5 Å². The number of aromatic amines is 1. The molecule has 1 unspecified atom stereocenters. The van der Waals surface area contributed by atoms with E-state index in [9.17, 15) is 4.79 Å². The molecule has 2 saturated heterocycles. The number of H-pyrrole nitrogens is 1. The number of carbonyl (C=O) groups is 1. The quantitative estimate of drug-likeness (QED) is 0.717. The zero-order chi connectivity index (χ0) is 19.8. The van der Waals surface area contributed by atoms with Crippen molar-refractivity contribution in [3.8, 4) is 11.4 Å². The average molecular weight is 412 g/mol. The van der Waals surface area contributed by atoms with E-state index in [0.717, 1.165) is 47.7 Å². The van der Waals surface area contributed by atoms with Gasteiger partial charge in [0.25, 0.3) is 0 Å². The molecule has 2 aliphatic heterocycles. The van der Waals surface area contributed by atoms with Crippen molar-refractivity contribution < 1.29 is 9.53 Å². The number of halogens is 1. The Bertz CT molecular complexity index is 1010. The van der Waals surface area contributed by atoms with E-state index in [0.29, 0.717) is 31.3 Å². The number of rotatable bonds is 3. The van der Waals surface area contributed by atoms with Crippen LogP contribution in [0.3, 0.4) is 0 Å². The maximum atomic E-state index is 12.6. The Morgan fingerprint density at radius 3 is 2.79 bits per heavy atom. The Hall–Kier alpha value is -2.64. The largest absolute Gasteiger partial charge is 0.381 e. The maximum Gasteiger partial charge on any atom is 0.228 e. The van der Waals surface area contributed by atoms with Gasteiger partial charge in [-0.15, -0.1) is 0 Å². The van der Waals surface area contributed by atoms with E-state index in [1.165, 1.54) is 0 Å². The van der Waals surface area contributed by atoms with Crippen LogP contribution in [0, 0.1) is 5.92 Å². The highest BCUT2D eigenvalue weighted by Gasteiger charge is 2.30. The number of hydrogen-bond donors (Lipinski definition) is 1. The third-order valence-corrected chi connectivity index (χ3v) is 5.98. The van der Waals surface area contributed by atoms with Crippen molar-refractivity contribution in [1.82, 2.24) is 19.9 Å². The lowest BCUT2D eigenvalue weighted by atomic mass is 10.1. The van der Waals surface area contributed by atoms with Crippen LogP contribution in [0.5, 0.6) is 0 Å². The molecule has 5 rings (SSSR count). The number of anilines is 1. The smallest absolute Gasteiger partial charge is 0.228 e. The molecule has 29 heavy (non-hydrogen) atoms. The molecule has 0 radical (unpaired) electrons. The molecule has 2 aromatic heterocycles. The summed E-state index contributed by atoms with van der Waals surface area (Å²) >= 11 is 6.43. The van der Waals surface area contributed by atoms with Crippen LogP contribution in [-0.2, 0) is 9.53 Å². The van der Waals surface area contributed by atoms with Crippen LogP contribution < -0.4 is 4.90 Å². The zero-order valence-corrected chi connectivity index (χ0v) is 16.7. The van der Waals surface area contributed by atoms with E-state index in [2.05, 4.69) is 19.9 Å². The fraction of sp³-hybridized carbons (Fsp3) is 0.381. The highest BCUT2D eigenvalue weighted by atomic mass is 35.5. The molecule has 0 bridgehead atoms. The Labute approximate surface area is 173 Å². The van der Waals surface area contributed by atoms with Gasteiger partial charge >= 0.3 is 0 Å². The fourth-order valence-corrected chi connectivity index (χ4v) is 4.20. The van der Waals surface area contributed by atoms with Crippen LogP contribution in [-0.4, -0.2) is 65.2 Å². The highest BCUT2D eigenvalue weighted by molar-refractivity contribution is 6.33. The molecule has 8 heteroatoms. The lowest BCUT2D eigenvalue weighted by Crippen LogP contribution is -2.50. The topological polar surface area (TPSA) is 74.3 Å². The van der Waals surface area contributed by atoms with Crippen LogP contribution in [0.1, 0.15) is 6.42 Å². The van der Waals surface area contributed by atoms with Gasteiger partial charge in [-0.3, -0.25) is 4.79 Å². The van der Waals surface area contributed by atoms with Crippen LogP contribution in [0.15, 0.2) is 36.5 Å². The van der Waals surface area contributed by atoms with Gasteiger partial charge in [0.1, 0.15) is 11.6 Å². The number of fused-ring (bicyclic) bond motifs is 1. The van der Waals surface area contributed by atoms with Gasteiger partial charge in [0.05, 0.1) is 28.6 Å². The number of carbonyl (C=O) groups excluding carboxylic acids is 1. The third kappa shape index (κ3) is 3.56. The molecule has 7 nitrogen and oxygen atoms in total. The summed E-state index contributed by atoms with van der Waals surface area (Å²) < 4.78 is 5.36. The molecule has 0 aliphatic carbocycles. The molecule has 1 atom stereocenters. The second-order valence-corrected chi connectivity index (χ2v) is 7.90. The summed E-state index contributed by atoms with van der Waals surface area (Å²) in [5, 5.41) is 0.558. The van der Waals surface area contributed by atoms with E-state index >= 15 is 0 Å². The monoisotopic (exact) mass is 411 g/mol. The van der Waals surface area contributed by atoms with E-state index in [4.69, 9.17) is 16.3 Å². The number of pyridine rings is 1. The molecule has 2 aliphatic rings. The number of ether oxygens (including phenoxy) is 1. The number of imidazole rings is 1. The normalized spacial score (nSPS) is 19.8. The Balaban J connectivity index is 1.33. The predicted octanol–water partition coefficient (Wildman–Crippen LogP) is 2.96. The van der Waals surface area contributed by atoms with Crippen LogP contribution in [0.4, 0.5) is 5.82 Å². The lowest BCUT2D eigenvalue weighted by molar-refractivity contribution is -0.135. The number of nitrogens with one attached hydrogen (secondary N) is 1. The fourth-order valence-electron chi connectivity index (χ4n) is 4.01. The van der Waals surface area contributed by atoms with Gasteiger partial charge in [-0.25, -0.2) is 9.97 Å². The molecular formula is C21H22ClN5O2. The van der Waals surface area contributed by atoms with E-state index in [1.807, 2.05) is 35.2 Å². The van der Waals surface area contributed by atoms with Crippen LogP contribution in [0.2, 0.25) is 5.02 Å². The van der Waals surface area contributed by atoms with E-state index < -0.39 is 0 Å². The molecule has 0 spiro atoms. The average Bonchev–Trinajstić information content (AvgIpc) is 3.44. The van der Waals surface area contributed by atoms with Crippen molar-refractivity contribution in [2.45, 2.75) is 6.42 Å². The molecule has 3 aromatic rings. The first kappa shape index (κ1) is 18.4. The van der Waals surface area contributed by atoms with Crippen molar-refractivity contribution >= 4 is 34.4 Å². The Morgan fingerprint density at radius 1 is 1.21 bits per heavy atom. The minimum atomic E-state index is 0.0231. The standard InChI is InChI=1S/C21H22ClN5O2/c22-16-12-23-19(11-15(16)20-24-17-3-1-2-4-18(17)25-20)26-6-8-27(9-7-26)21(28)14-5-10-29-13-14/h1-4,11-12,14H,5-10,13H2,(H,24,25). The summed E-state index contributed by atoms with van der Waals surface area (Å²) in [4.78, 5) is 29.2. The molecule has 1 amide bonds. The summed E-state index contributed by atoms with van der Waals surface area (Å²) in [5.74, 6) is 1.82. The number of piperazine rings is 1. The number of aromatic nitrogens is 3. The molecule has 2 fully saturated rings. The highest BCUT2D eigenvalue weighted by Crippen LogP contribution is 2.30. The van der Waals surface area contributed by atoms with Gasteiger partial charge in [-0.1, -0.05) is 23.7 Å². The summed E-state index contributed by atoms with van der Waals surface area (Å²) in [6.07, 6.45) is 2.51.